The van der Waals surface area contributed by atoms with Gasteiger partial charge in [-0.3, -0.25) is 9.89 Å². The Labute approximate surface area is 88.4 Å². The average molecular weight is 202 g/mol. The Hall–Kier alpha value is -1.77. The molecule has 0 aliphatic rings. The first-order chi connectivity index (χ1) is 7.24. The summed E-state index contributed by atoms with van der Waals surface area (Å²) in [6, 6.07) is 9.60. The van der Waals surface area contributed by atoms with Crippen molar-refractivity contribution in [1.82, 2.24) is 9.78 Å². The Morgan fingerprint density at radius 3 is 2.47 bits per heavy atom. The molecule has 0 aliphatic heterocycles. The second-order valence-electron chi connectivity index (χ2n) is 3.55. The minimum absolute atomic E-state index is 0.0399. The first kappa shape index (κ1) is 9.77. The van der Waals surface area contributed by atoms with Crippen LogP contribution in [0.15, 0.2) is 35.1 Å². The highest BCUT2D eigenvalue weighted by molar-refractivity contribution is 5.32. The highest BCUT2D eigenvalue weighted by Gasteiger charge is 2.08. The van der Waals surface area contributed by atoms with Crippen molar-refractivity contribution in [2.24, 2.45) is 0 Å². The van der Waals surface area contributed by atoms with Gasteiger partial charge in [-0.15, -0.1) is 0 Å². The number of aryl methyl sites for hydroxylation is 1. The summed E-state index contributed by atoms with van der Waals surface area (Å²) in [4.78, 5) is 11.9. The predicted octanol–water partition coefficient (Wildman–Crippen LogP) is 2.04. The maximum Gasteiger partial charge on any atom is 0.274 e. The highest BCUT2D eigenvalue weighted by atomic mass is 16.1. The number of nitrogens with one attached hydrogen (secondary N) is 1. The Kier molecular flexibility index (Phi) is 2.46. The van der Waals surface area contributed by atoms with Crippen LogP contribution in [0.1, 0.15) is 18.2 Å². The molecular weight excluding hydrogens is 188 g/mol. The molecule has 0 fully saturated rings. The third-order valence-electron chi connectivity index (χ3n) is 2.59. The van der Waals surface area contributed by atoms with Crippen molar-refractivity contribution in [2.75, 3.05) is 0 Å². The first-order valence-corrected chi connectivity index (χ1v) is 5.10. The Morgan fingerprint density at radius 2 is 1.93 bits per heavy atom. The summed E-state index contributed by atoms with van der Waals surface area (Å²) in [6.45, 7) is 3.89. The van der Waals surface area contributed by atoms with Crippen LogP contribution in [0, 0.1) is 6.92 Å². The minimum atomic E-state index is 0.0399. The van der Waals surface area contributed by atoms with Crippen LogP contribution in [0.3, 0.4) is 0 Å². The molecule has 0 amide bonds. The second-order valence-corrected chi connectivity index (χ2v) is 3.55. The van der Waals surface area contributed by atoms with E-state index < -0.39 is 0 Å². The van der Waals surface area contributed by atoms with Crippen LogP contribution in [0.5, 0.6) is 0 Å². The van der Waals surface area contributed by atoms with Gasteiger partial charge in [-0.25, -0.2) is 4.68 Å². The maximum atomic E-state index is 11.9. The molecule has 0 spiro atoms. The SMILES string of the molecule is CCc1[nH]n(-c2ccccc2)c(=O)c1C. The summed E-state index contributed by atoms with van der Waals surface area (Å²) in [5.74, 6) is 0. The first-order valence-electron chi connectivity index (χ1n) is 5.10. The maximum absolute atomic E-state index is 11.9. The van der Waals surface area contributed by atoms with Crippen molar-refractivity contribution in [3.63, 3.8) is 0 Å². The average Bonchev–Trinajstić information content (AvgIpc) is 2.57. The highest BCUT2D eigenvalue weighted by Crippen LogP contribution is 2.06. The zero-order valence-electron chi connectivity index (χ0n) is 8.95. The largest absolute Gasteiger partial charge is 0.295 e. The molecule has 3 nitrogen and oxygen atoms in total. The number of aromatic amines is 1. The van der Waals surface area contributed by atoms with Crippen LogP contribution >= 0.6 is 0 Å². The number of rotatable bonds is 2. The van der Waals surface area contributed by atoms with Gasteiger partial charge in [0.1, 0.15) is 0 Å². The molecule has 1 aromatic carbocycles. The third-order valence-corrected chi connectivity index (χ3v) is 2.59. The zero-order valence-corrected chi connectivity index (χ0v) is 8.95. The Morgan fingerprint density at radius 1 is 1.27 bits per heavy atom. The second kappa shape index (κ2) is 3.77. The lowest BCUT2D eigenvalue weighted by Crippen LogP contribution is -2.15. The van der Waals surface area contributed by atoms with Crippen molar-refractivity contribution in [3.8, 4) is 5.69 Å². The molecular formula is C12H14N2O. The lowest BCUT2D eigenvalue weighted by molar-refractivity contribution is 0.819. The third kappa shape index (κ3) is 1.61. The molecule has 1 N–H and O–H groups in total. The van der Waals surface area contributed by atoms with E-state index in [1.165, 1.54) is 0 Å². The number of hydrogen-bond acceptors (Lipinski definition) is 1. The minimum Gasteiger partial charge on any atom is -0.295 e. The van der Waals surface area contributed by atoms with E-state index in [9.17, 15) is 4.79 Å². The van der Waals surface area contributed by atoms with Gasteiger partial charge in [0, 0.05) is 11.3 Å². The van der Waals surface area contributed by atoms with E-state index in [0.717, 1.165) is 23.4 Å². The van der Waals surface area contributed by atoms with Gasteiger partial charge in [0.25, 0.3) is 5.56 Å². The van der Waals surface area contributed by atoms with Crippen molar-refractivity contribution >= 4 is 0 Å². The number of nitrogens with zero attached hydrogens (tertiary/aromatic N) is 1. The van der Waals surface area contributed by atoms with Crippen LogP contribution < -0.4 is 5.56 Å². The topological polar surface area (TPSA) is 37.8 Å². The van der Waals surface area contributed by atoms with Crippen LogP contribution in [0.2, 0.25) is 0 Å². The number of aromatic nitrogens is 2. The summed E-state index contributed by atoms with van der Waals surface area (Å²) in [5.41, 5.74) is 2.73. The number of H-pyrrole nitrogens is 1. The van der Waals surface area contributed by atoms with Gasteiger partial charge < -0.3 is 0 Å². The molecule has 0 radical (unpaired) electrons. The van der Waals surface area contributed by atoms with Crippen molar-refractivity contribution in [2.45, 2.75) is 20.3 Å². The number of hydrogen-bond donors (Lipinski definition) is 1. The van der Waals surface area contributed by atoms with Crippen molar-refractivity contribution in [3.05, 3.63) is 51.9 Å². The summed E-state index contributed by atoms with van der Waals surface area (Å²) in [6.07, 6.45) is 0.848. The predicted molar refractivity (Wildman–Crippen MR) is 60.5 cm³/mol. The van der Waals surface area contributed by atoms with Gasteiger partial charge in [-0.1, -0.05) is 25.1 Å². The van der Waals surface area contributed by atoms with E-state index >= 15 is 0 Å². The summed E-state index contributed by atoms with van der Waals surface area (Å²) in [7, 11) is 0. The molecule has 2 aromatic rings. The summed E-state index contributed by atoms with van der Waals surface area (Å²) >= 11 is 0. The molecule has 0 saturated carbocycles. The molecule has 3 heteroatoms. The number of para-hydroxylation sites is 1. The fourth-order valence-electron chi connectivity index (χ4n) is 1.67. The van der Waals surface area contributed by atoms with E-state index in [1.54, 1.807) is 4.68 Å². The molecule has 1 aromatic heterocycles. The van der Waals surface area contributed by atoms with Gasteiger partial charge in [0.15, 0.2) is 0 Å². The molecule has 0 unspecified atom stereocenters. The monoisotopic (exact) mass is 202 g/mol. The van der Waals surface area contributed by atoms with Crippen LogP contribution in [-0.2, 0) is 6.42 Å². The molecule has 0 aliphatic carbocycles. The van der Waals surface area contributed by atoms with Crippen LogP contribution in [0.25, 0.3) is 5.69 Å². The van der Waals surface area contributed by atoms with Crippen molar-refractivity contribution in [1.29, 1.82) is 0 Å². The van der Waals surface area contributed by atoms with Crippen LogP contribution in [-0.4, -0.2) is 9.78 Å². The fraction of sp³-hybridized carbons (Fsp3) is 0.250. The number of benzene rings is 1. The van der Waals surface area contributed by atoms with Gasteiger partial charge >= 0.3 is 0 Å². The molecule has 0 atom stereocenters. The molecule has 2 rings (SSSR count). The van der Waals surface area contributed by atoms with E-state index in [0.29, 0.717) is 0 Å². The van der Waals surface area contributed by atoms with E-state index in [2.05, 4.69) is 5.10 Å². The normalized spacial score (nSPS) is 10.5. The van der Waals surface area contributed by atoms with Crippen molar-refractivity contribution < 1.29 is 0 Å². The Balaban J connectivity index is 2.60. The van der Waals surface area contributed by atoms with Gasteiger partial charge in [0.2, 0.25) is 0 Å². The van der Waals surface area contributed by atoms with Gasteiger partial charge in [-0.05, 0) is 25.5 Å². The smallest absolute Gasteiger partial charge is 0.274 e. The van der Waals surface area contributed by atoms with Gasteiger partial charge in [0.05, 0.1) is 5.69 Å². The molecule has 0 saturated heterocycles. The quantitative estimate of drug-likeness (QED) is 0.795. The lowest BCUT2D eigenvalue weighted by atomic mass is 10.2. The van der Waals surface area contributed by atoms with Crippen LogP contribution in [0.4, 0.5) is 0 Å². The standard InChI is InChI=1S/C12H14N2O/c1-3-11-9(2)12(15)14(13-11)10-7-5-4-6-8-10/h4-8,13H,3H2,1-2H3. The summed E-state index contributed by atoms with van der Waals surface area (Å²) < 4.78 is 1.59. The Bertz CT molecular complexity index is 508. The fourth-order valence-corrected chi connectivity index (χ4v) is 1.67. The van der Waals surface area contributed by atoms with E-state index in [4.69, 9.17) is 0 Å². The molecule has 78 valence electrons. The van der Waals surface area contributed by atoms with Gasteiger partial charge in [-0.2, -0.15) is 0 Å². The van der Waals surface area contributed by atoms with E-state index in [1.807, 2.05) is 44.2 Å². The molecule has 1 heterocycles. The van der Waals surface area contributed by atoms with E-state index in [-0.39, 0.29) is 5.56 Å². The zero-order chi connectivity index (χ0) is 10.8. The summed E-state index contributed by atoms with van der Waals surface area (Å²) in [5, 5.41) is 3.12. The molecule has 15 heavy (non-hydrogen) atoms. The lowest BCUT2D eigenvalue weighted by Gasteiger charge is -1.99. The molecule has 0 bridgehead atoms.